The van der Waals surface area contributed by atoms with Crippen LogP contribution < -0.4 is 10.6 Å². The van der Waals surface area contributed by atoms with Gasteiger partial charge in [-0.3, -0.25) is 9.59 Å². The minimum atomic E-state index is -0.245. The average Bonchev–Trinajstić information content (AvgIpc) is 3.37. The lowest BCUT2D eigenvalue weighted by molar-refractivity contribution is -0.122. The minimum absolute atomic E-state index is 0.0742. The van der Waals surface area contributed by atoms with E-state index in [1.54, 1.807) is 0 Å². The van der Waals surface area contributed by atoms with Crippen molar-refractivity contribution in [2.75, 3.05) is 10.6 Å². The number of benzene rings is 2. The van der Waals surface area contributed by atoms with Gasteiger partial charge >= 0.3 is 0 Å². The predicted octanol–water partition coefficient (Wildman–Crippen LogP) is 4.13. The van der Waals surface area contributed by atoms with Gasteiger partial charge in [0.1, 0.15) is 0 Å². The van der Waals surface area contributed by atoms with Crippen LogP contribution in [0.4, 0.5) is 11.4 Å². The Bertz CT molecular complexity index is 772. The van der Waals surface area contributed by atoms with Gasteiger partial charge in [0, 0.05) is 11.4 Å². The lowest BCUT2D eigenvalue weighted by Gasteiger charge is -2.11. The van der Waals surface area contributed by atoms with E-state index in [-0.39, 0.29) is 23.7 Å². The highest BCUT2D eigenvalue weighted by atomic mass is 16.2. The number of carbonyl (C=O) groups is 2. The van der Waals surface area contributed by atoms with E-state index in [9.17, 15) is 9.59 Å². The molecule has 0 saturated heterocycles. The van der Waals surface area contributed by atoms with Crippen LogP contribution in [-0.4, -0.2) is 11.8 Å². The van der Waals surface area contributed by atoms with Crippen molar-refractivity contribution in [1.82, 2.24) is 0 Å². The topological polar surface area (TPSA) is 58.2 Å². The third-order valence-corrected chi connectivity index (χ3v) is 5.19. The molecule has 2 aromatic rings. The first kappa shape index (κ1) is 17.2. The Morgan fingerprint density at radius 1 is 0.760 bits per heavy atom. The molecular formula is C21H24N2O2. The van der Waals surface area contributed by atoms with Gasteiger partial charge < -0.3 is 10.6 Å². The normalized spacial score (nSPS) is 18.6. The van der Waals surface area contributed by atoms with Crippen LogP contribution in [0.1, 0.15) is 28.7 Å². The Kier molecular flexibility index (Phi) is 4.62. The third-order valence-electron chi connectivity index (χ3n) is 5.19. The van der Waals surface area contributed by atoms with E-state index in [0.29, 0.717) is 6.42 Å². The number of nitrogens with one attached hydrogen (secondary N) is 2. The van der Waals surface area contributed by atoms with Gasteiger partial charge in [0.15, 0.2) is 0 Å². The van der Waals surface area contributed by atoms with Crippen molar-refractivity contribution in [1.29, 1.82) is 0 Å². The summed E-state index contributed by atoms with van der Waals surface area (Å²) in [7, 11) is 0. The van der Waals surface area contributed by atoms with Crippen LogP contribution in [0, 0.1) is 39.5 Å². The quantitative estimate of drug-likeness (QED) is 0.882. The summed E-state index contributed by atoms with van der Waals surface area (Å²) in [5, 5.41) is 5.93. The summed E-state index contributed by atoms with van der Waals surface area (Å²) < 4.78 is 0. The smallest absolute Gasteiger partial charge is 0.228 e. The molecule has 0 unspecified atom stereocenters. The van der Waals surface area contributed by atoms with Crippen molar-refractivity contribution in [3.8, 4) is 0 Å². The Hall–Kier alpha value is -2.62. The fourth-order valence-corrected chi connectivity index (χ4v) is 3.00. The number of amides is 2. The molecule has 2 N–H and O–H groups in total. The van der Waals surface area contributed by atoms with Crippen LogP contribution in [0.2, 0.25) is 0 Å². The number of hydrogen-bond donors (Lipinski definition) is 2. The van der Waals surface area contributed by atoms with Crippen molar-refractivity contribution in [2.45, 2.75) is 34.1 Å². The molecule has 130 valence electrons. The molecule has 0 aliphatic heterocycles. The van der Waals surface area contributed by atoms with E-state index in [0.717, 1.165) is 33.6 Å². The van der Waals surface area contributed by atoms with Crippen molar-refractivity contribution in [2.24, 2.45) is 11.8 Å². The van der Waals surface area contributed by atoms with Gasteiger partial charge in [-0.15, -0.1) is 0 Å². The Morgan fingerprint density at radius 2 is 1.16 bits per heavy atom. The molecule has 0 heterocycles. The number of aryl methyl sites for hydroxylation is 2. The zero-order chi connectivity index (χ0) is 18.1. The molecule has 1 fully saturated rings. The maximum Gasteiger partial charge on any atom is 0.228 e. The highest BCUT2D eigenvalue weighted by Gasteiger charge is 2.48. The van der Waals surface area contributed by atoms with Crippen molar-refractivity contribution in [3.05, 3.63) is 58.7 Å². The molecule has 0 aromatic heterocycles. The number of carbonyl (C=O) groups excluding carboxylic acids is 2. The van der Waals surface area contributed by atoms with Gasteiger partial charge in [0.2, 0.25) is 11.8 Å². The SMILES string of the molecule is Cc1cccc(NC(=O)[C@H]2C[C@H]2C(=O)Nc2cccc(C)c2C)c1C. The lowest BCUT2D eigenvalue weighted by Crippen LogP contribution is -2.21. The van der Waals surface area contributed by atoms with Crippen molar-refractivity contribution in [3.63, 3.8) is 0 Å². The predicted molar refractivity (Wildman–Crippen MR) is 101 cm³/mol. The van der Waals surface area contributed by atoms with Crippen LogP contribution in [0.15, 0.2) is 36.4 Å². The minimum Gasteiger partial charge on any atom is -0.326 e. The van der Waals surface area contributed by atoms with Gasteiger partial charge in [-0.2, -0.15) is 0 Å². The first-order valence-corrected chi connectivity index (χ1v) is 8.62. The van der Waals surface area contributed by atoms with Gasteiger partial charge in [0.05, 0.1) is 11.8 Å². The van der Waals surface area contributed by atoms with Crippen LogP contribution in [-0.2, 0) is 9.59 Å². The van der Waals surface area contributed by atoms with Gasteiger partial charge in [-0.1, -0.05) is 24.3 Å². The molecule has 4 heteroatoms. The Morgan fingerprint density at radius 3 is 1.56 bits per heavy atom. The fraction of sp³-hybridized carbons (Fsp3) is 0.333. The van der Waals surface area contributed by atoms with E-state index >= 15 is 0 Å². The summed E-state index contributed by atoms with van der Waals surface area (Å²) in [6.45, 7) is 8.01. The van der Waals surface area contributed by atoms with Crippen molar-refractivity contribution >= 4 is 23.2 Å². The standard InChI is InChI=1S/C21H24N2O2/c1-12-7-5-9-18(14(12)3)22-20(24)16-11-17(16)21(25)23-19-10-6-8-13(2)15(19)4/h5-10,16-17H,11H2,1-4H3,(H,22,24)(H,23,25)/t16-,17+. The number of rotatable bonds is 4. The van der Waals surface area contributed by atoms with E-state index in [1.165, 1.54) is 0 Å². The number of hydrogen-bond acceptors (Lipinski definition) is 2. The maximum atomic E-state index is 12.4. The van der Waals surface area contributed by atoms with E-state index in [1.807, 2.05) is 64.1 Å². The number of anilines is 2. The molecule has 2 amide bonds. The summed E-state index contributed by atoms with van der Waals surface area (Å²) in [6.07, 6.45) is 0.605. The van der Waals surface area contributed by atoms with E-state index in [2.05, 4.69) is 10.6 Å². The first-order chi connectivity index (χ1) is 11.9. The molecule has 0 spiro atoms. The second kappa shape index (κ2) is 6.71. The molecule has 0 radical (unpaired) electrons. The van der Waals surface area contributed by atoms with E-state index < -0.39 is 0 Å². The maximum absolute atomic E-state index is 12.4. The van der Waals surface area contributed by atoms with Crippen LogP contribution in [0.25, 0.3) is 0 Å². The Balaban J connectivity index is 1.62. The molecule has 3 rings (SSSR count). The average molecular weight is 336 g/mol. The highest BCUT2D eigenvalue weighted by molar-refractivity contribution is 6.03. The van der Waals surface area contributed by atoms with Crippen LogP contribution in [0.5, 0.6) is 0 Å². The molecule has 2 aromatic carbocycles. The molecule has 1 aliphatic rings. The van der Waals surface area contributed by atoms with E-state index in [4.69, 9.17) is 0 Å². The molecule has 0 bridgehead atoms. The fourth-order valence-electron chi connectivity index (χ4n) is 3.00. The monoisotopic (exact) mass is 336 g/mol. The third kappa shape index (κ3) is 3.58. The van der Waals surface area contributed by atoms with Crippen LogP contribution >= 0.6 is 0 Å². The summed E-state index contributed by atoms with van der Waals surface area (Å²) in [4.78, 5) is 24.9. The van der Waals surface area contributed by atoms with Gasteiger partial charge in [0.25, 0.3) is 0 Å². The zero-order valence-corrected chi connectivity index (χ0v) is 15.1. The summed E-state index contributed by atoms with van der Waals surface area (Å²) in [5.41, 5.74) is 6.05. The summed E-state index contributed by atoms with van der Waals surface area (Å²) in [5.74, 6) is -0.639. The Labute approximate surface area is 148 Å². The summed E-state index contributed by atoms with van der Waals surface area (Å²) in [6, 6.07) is 11.7. The van der Waals surface area contributed by atoms with Gasteiger partial charge in [-0.05, 0) is 68.5 Å². The van der Waals surface area contributed by atoms with Gasteiger partial charge in [-0.25, -0.2) is 0 Å². The second-order valence-corrected chi connectivity index (χ2v) is 6.92. The zero-order valence-electron chi connectivity index (χ0n) is 15.1. The lowest BCUT2D eigenvalue weighted by atomic mass is 10.1. The second-order valence-electron chi connectivity index (χ2n) is 6.92. The van der Waals surface area contributed by atoms with Crippen molar-refractivity contribution < 1.29 is 9.59 Å². The summed E-state index contributed by atoms with van der Waals surface area (Å²) >= 11 is 0. The largest absolute Gasteiger partial charge is 0.326 e. The molecule has 25 heavy (non-hydrogen) atoms. The molecule has 1 saturated carbocycles. The first-order valence-electron chi connectivity index (χ1n) is 8.62. The van der Waals surface area contributed by atoms with Crippen LogP contribution in [0.3, 0.4) is 0 Å². The molecule has 2 atom stereocenters. The highest BCUT2D eigenvalue weighted by Crippen LogP contribution is 2.40. The molecular weight excluding hydrogens is 312 g/mol. The molecule has 1 aliphatic carbocycles. The molecule has 4 nitrogen and oxygen atoms in total.